The summed E-state index contributed by atoms with van der Waals surface area (Å²) in [6, 6.07) is 2.01. The van der Waals surface area contributed by atoms with Gasteiger partial charge < -0.3 is 9.13 Å². The van der Waals surface area contributed by atoms with Crippen LogP contribution in [-0.2, 0) is 14.1 Å². The van der Waals surface area contributed by atoms with Crippen LogP contribution < -0.4 is 5.56 Å². The Morgan fingerprint density at radius 3 is 2.79 bits per heavy atom. The van der Waals surface area contributed by atoms with Crippen molar-refractivity contribution in [2.45, 2.75) is 0 Å². The number of rotatable bonds is 0. The minimum absolute atomic E-state index is 0.140. The quantitative estimate of drug-likeness (QED) is 0.590. The van der Waals surface area contributed by atoms with Gasteiger partial charge in [0.15, 0.2) is 0 Å². The van der Waals surface area contributed by atoms with E-state index in [1.54, 1.807) is 24.9 Å². The maximum absolute atomic E-state index is 11.7. The average molecular weight is 188 g/mol. The maximum Gasteiger partial charge on any atom is 0.277 e. The zero-order valence-electron chi connectivity index (χ0n) is 7.85. The van der Waals surface area contributed by atoms with E-state index >= 15 is 0 Å². The van der Waals surface area contributed by atoms with Crippen molar-refractivity contribution in [3.63, 3.8) is 0 Å². The van der Waals surface area contributed by atoms with Gasteiger partial charge in [0.2, 0.25) is 0 Å². The standard InChI is InChI=1S/C9H8N4O/c1-12-4-6(3-10)7-8(12)9(14)13(2)5-11-7/h4-5H,1-2H3. The van der Waals surface area contributed by atoms with Crippen molar-refractivity contribution in [3.8, 4) is 6.07 Å². The molecule has 0 N–H and O–H groups in total. The van der Waals surface area contributed by atoms with E-state index in [2.05, 4.69) is 4.98 Å². The number of aryl methyl sites for hydroxylation is 2. The van der Waals surface area contributed by atoms with E-state index in [1.165, 1.54) is 10.9 Å². The zero-order valence-corrected chi connectivity index (χ0v) is 7.85. The van der Waals surface area contributed by atoms with Crippen LogP contribution in [0.15, 0.2) is 17.3 Å². The van der Waals surface area contributed by atoms with Crippen LogP contribution in [0.25, 0.3) is 11.0 Å². The molecule has 2 aromatic rings. The Morgan fingerprint density at radius 2 is 2.14 bits per heavy atom. The van der Waals surface area contributed by atoms with E-state index in [9.17, 15) is 4.79 Å². The molecule has 0 amide bonds. The summed E-state index contributed by atoms with van der Waals surface area (Å²) in [6.45, 7) is 0. The molecular formula is C9H8N4O. The van der Waals surface area contributed by atoms with Crippen LogP contribution in [0.1, 0.15) is 5.56 Å². The van der Waals surface area contributed by atoms with Crippen molar-refractivity contribution in [3.05, 3.63) is 28.4 Å². The summed E-state index contributed by atoms with van der Waals surface area (Å²) in [5.41, 5.74) is 1.23. The Bertz CT molecular complexity index is 600. The molecule has 0 aliphatic heterocycles. The fourth-order valence-corrected chi connectivity index (χ4v) is 1.44. The molecule has 5 heteroatoms. The van der Waals surface area contributed by atoms with Crippen LogP contribution in [0.3, 0.4) is 0 Å². The van der Waals surface area contributed by atoms with Crippen molar-refractivity contribution >= 4 is 11.0 Å². The van der Waals surface area contributed by atoms with Crippen LogP contribution in [0, 0.1) is 11.3 Å². The number of nitrogens with zero attached hydrogens (tertiary/aromatic N) is 4. The Hall–Kier alpha value is -2.09. The lowest BCUT2D eigenvalue weighted by molar-refractivity contribution is 0.827. The first-order chi connectivity index (χ1) is 6.65. The summed E-state index contributed by atoms with van der Waals surface area (Å²) in [5.74, 6) is 0. The Balaban J connectivity index is 3.06. The molecule has 2 rings (SSSR count). The lowest BCUT2D eigenvalue weighted by atomic mass is 10.3. The van der Waals surface area contributed by atoms with Crippen molar-refractivity contribution in [2.75, 3.05) is 0 Å². The minimum atomic E-state index is -0.140. The molecule has 0 aromatic carbocycles. The van der Waals surface area contributed by atoms with Crippen LogP contribution in [0.5, 0.6) is 0 Å². The van der Waals surface area contributed by atoms with E-state index in [4.69, 9.17) is 5.26 Å². The van der Waals surface area contributed by atoms with Gasteiger partial charge in [-0.25, -0.2) is 4.98 Å². The number of nitriles is 1. The van der Waals surface area contributed by atoms with Gasteiger partial charge in [0.1, 0.15) is 17.1 Å². The molecule has 2 heterocycles. The third-order valence-corrected chi connectivity index (χ3v) is 2.16. The largest absolute Gasteiger partial charge is 0.343 e. The number of hydrogen-bond donors (Lipinski definition) is 0. The lowest BCUT2D eigenvalue weighted by Gasteiger charge is -1.97. The second-order valence-electron chi connectivity index (χ2n) is 3.12. The van der Waals surface area contributed by atoms with Gasteiger partial charge in [0.25, 0.3) is 5.56 Å². The lowest BCUT2D eigenvalue weighted by Crippen LogP contribution is -2.18. The van der Waals surface area contributed by atoms with Crippen LogP contribution >= 0.6 is 0 Å². The van der Waals surface area contributed by atoms with E-state index in [0.29, 0.717) is 16.6 Å². The van der Waals surface area contributed by atoms with Crippen LogP contribution in [-0.4, -0.2) is 14.1 Å². The highest BCUT2D eigenvalue weighted by molar-refractivity contribution is 5.81. The Morgan fingerprint density at radius 1 is 1.43 bits per heavy atom. The fraction of sp³-hybridized carbons (Fsp3) is 0.222. The van der Waals surface area contributed by atoms with E-state index in [1.807, 2.05) is 6.07 Å². The molecule has 2 aromatic heterocycles. The highest BCUT2D eigenvalue weighted by Gasteiger charge is 2.11. The van der Waals surface area contributed by atoms with Gasteiger partial charge in [0, 0.05) is 20.3 Å². The number of fused-ring (bicyclic) bond motifs is 1. The predicted molar refractivity (Wildman–Crippen MR) is 50.7 cm³/mol. The number of hydrogen-bond acceptors (Lipinski definition) is 3. The summed E-state index contributed by atoms with van der Waals surface area (Å²) in [6.07, 6.45) is 3.03. The highest BCUT2D eigenvalue weighted by Crippen LogP contribution is 2.12. The summed E-state index contributed by atoms with van der Waals surface area (Å²) in [4.78, 5) is 15.7. The summed E-state index contributed by atoms with van der Waals surface area (Å²) < 4.78 is 3.02. The molecule has 0 aliphatic carbocycles. The molecule has 0 saturated carbocycles. The summed E-state index contributed by atoms with van der Waals surface area (Å²) >= 11 is 0. The molecule has 0 bridgehead atoms. The molecule has 0 unspecified atom stereocenters. The van der Waals surface area contributed by atoms with Crippen molar-refractivity contribution < 1.29 is 0 Å². The van der Waals surface area contributed by atoms with E-state index < -0.39 is 0 Å². The first-order valence-electron chi connectivity index (χ1n) is 4.06. The zero-order chi connectivity index (χ0) is 10.3. The molecular weight excluding hydrogens is 180 g/mol. The SMILES string of the molecule is Cn1cnc2c(C#N)cn(C)c2c1=O. The number of aromatic nitrogens is 3. The molecule has 5 nitrogen and oxygen atoms in total. The minimum Gasteiger partial charge on any atom is -0.343 e. The summed E-state index contributed by atoms with van der Waals surface area (Å²) in [5, 5.41) is 8.80. The van der Waals surface area contributed by atoms with Crippen LogP contribution in [0.2, 0.25) is 0 Å². The van der Waals surface area contributed by atoms with Gasteiger partial charge in [-0.1, -0.05) is 0 Å². The maximum atomic E-state index is 11.7. The van der Waals surface area contributed by atoms with Gasteiger partial charge in [-0.05, 0) is 0 Å². The normalized spacial score (nSPS) is 10.4. The molecule has 0 atom stereocenters. The first kappa shape index (κ1) is 8.51. The van der Waals surface area contributed by atoms with E-state index in [-0.39, 0.29) is 5.56 Å². The van der Waals surface area contributed by atoms with Crippen LogP contribution in [0.4, 0.5) is 0 Å². The molecule has 0 fully saturated rings. The van der Waals surface area contributed by atoms with E-state index in [0.717, 1.165) is 0 Å². The summed E-state index contributed by atoms with van der Waals surface area (Å²) in [7, 11) is 3.36. The third kappa shape index (κ3) is 0.941. The van der Waals surface area contributed by atoms with Gasteiger partial charge >= 0.3 is 0 Å². The topological polar surface area (TPSA) is 63.6 Å². The van der Waals surface area contributed by atoms with Gasteiger partial charge in [0.05, 0.1) is 11.9 Å². The monoisotopic (exact) mass is 188 g/mol. The molecule has 70 valence electrons. The fourth-order valence-electron chi connectivity index (χ4n) is 1.44. The Labute approximate surface area is 79.8 Å². The average Bonchev–Trinajstić information content (AvgIpc) is 2.49. The molecule has 14 heavy (non-hydrogen) atoms. The van der Waals surface area contributed by atoms with Crippen molar-refractivity contribution in [1.29, 1.82) is 5.26 Å². The first-order valence-corrected chi connectivity index (χ1v) is 4.06. The Kier molecular flexibility index (Phi) is 1.64. The molecule has 0 saturated heterocycles. The molecule has 0 radical (unpaired) electrons. The van der Waals surface area contributed by atoms with Crippen molar-refractivity contribution in [2.24, 2.45) is 14.1 Å². The predicted octanol–water partition coefficient (Wildman–Crippen LogP) is 0.144. The molecule has 0 spiro atoms. The highest BCUT2D eigenvalue weighted by atomic mass is 16.1. The second kappa shape index (κ2) is 2.70. The van der Waals surface area contributed by atoms with Gasteiger partial charge in [-0.3, -0.25) is 4.79 Å². The van der Waals surface area contributed by atoms with Gasteiger partial charge in [-0.15, -0.1) is 0 Å². The molecule has 0 aliphatic rings. The second-order valence-corrected chi connectivity index (χ2v) is 3.12. The third-order valence-electron chi connectivity index (χ3n) is 2.16. The smallest absolute Gasteiger partial charge is 0.277 e. The van der Waals surface area contributed by atoms with Crippen molar-refractivity contribution in [1.82, 2.24) is 14.1 Å². The van der Waals surface area contributed by atoms with Gasteiger partial charge in [-0.2, -0.15) is 5.26 Å².